The van der Waals surface area contributed by atoms with Crippen molar-refractivity contribution in [3.8, 4) is 0 Å². The Morgan fingerprint density at radius 2 is 1.22 bits per heavy atom. The van der Waals surface area contributed by atoms with Crippen LogP contribution in [0.4, 0.5) is 17.6 Å². The van der Waals surface area contributed by atoms with Gasteiger partial charge >= 0.3 is 0 Å². The third-order valence-electron chi connectivity index (χ3n) is 8.22. The van der Waals surface area contributed by atoms with Crippen LogP contribution in [0.15, 0.2) is 96.7 Å². The topological polar surface area (TPSA) is 117 Å². The molecule has 3 aromatic carbocycles. The number of benzene rings is 3. The van der Waals surface area contributed by atoms with Crippen LogP contribution in [0.3, 0.4) is 0 Å². The maximum Gasteiger partial charge on any atom is 0.206 e. The smallest absolute Gasteiger partial charge is 0.206 e. The number of nitrogen functional groups attached to an aromatic ring is 2. The standard InChI is InChI=1S/C21H22N4S.C18H23N5/c1-14(2)12-25-19-16-10-6-7-11-17(16)23-20(22)18(19)24-21(25)26-13-15-8-4-3-5-9-15;1-5-10-22(4)18-21-15-16(23(18)11-12(2)3)13-8-6-7-9-14(13)20-17(15)19/h3-11,14H,12-13H2,1-2H3,(H2,22,23);5-9,12H,1,10-11H2,2-4H3,(H2,19,20). The number of anilines is 3. The maximum atomic E-state index is 6.25. The van der Waals surface area contributed by atoms with Crippen molar-refractivity contribution < 1.29 is 0 Å². The Labute approximate surface area is 292 Å². The van der Waals surface area contributed by atoms with Crippen molar-refractivity contribution in [3.63, 3.8) is 0 Å². The maximum absolute atomic E-state index is 6.25. The van der Waals surface area contributed by atoms with E-state index in [0.717, 1.165) is 80.4 Å². The van der Waals surface area contributed by atoms with Crippen LogP contribution < -0.4 is 16.4 Å². The number of likely N-dealkylation sites (N-methyl/N-ethyl adjacent to an activating group) is 1. The third-order valence-corrected chi connectivity index (χ3v) is 9.26. The largest absolute Gasteiger partial charge is 0.382 e. The first kappa shape index (κ1) is 33.8. The van der Waals surface area contributed by atoms with E-state index in [-0.39, 0.29) is 0 Å². The van der Waals surface area contributed by atoms with Gasteiger partial charge in [-0.1, -0.05) is 112 Å². The summed E-state index contributed by atoms with van der Waals surface area (Å²) in [6.07, 6.45) is 1.87. The molecule has 0 aliphatic rings. The van der Waals surface area contributed by atoms with Gasteiger partial charge in [-0.25, -0.2) is 19.9 Å². The zero-order valence-corrected chi connectivity index (χ0v) is 29.8. The van der Waals surface area contributed by atoms with E-state index in [1.54, 1.807) is 11.8 Å². The van der Waals surface area contributed by atoms with E-state index in [0.29, 0.717) is 23.5 Å². The molecule has 7 rings (SSSR count). The molecular weight excluding hydrogens is 627 g/mol. The lowest BCUT2D eigenvalue weighted by Crippen LogP contribution is -2.22. The highest BCUT2D eigenvalue weighted by Gasteiger charge is 2.20. The molecule has 0 aliphatic carbocycles. The first-order chi connectivity index (χ1) is 23.7. The summed E-state index contributed by atoms with van der Waals surface area (Å²) in [6, 6.07) is 26.7. The molecule has 0 radical (unpaired) electrons. The van der Waals surface area contributed by atoms with Crippen LogP contribution in [-0.4, -0.2) is 42.7 Å². The molecule has 49 heavy (non-hydrogen) atoms. The highest BCUT2D eigenvalue weighted by molar-refractivity contribution is 7.98. The van der Waals surface area contributed by atoms with E-state index in [4.69, 9.17) is 21.4 Å². The molecule has 0 saturated carbocycles. The summed E-state index contributed by atoms with van der Waals surface area (Å²) in [4.78, 5) is 20.8. The lowest BCUT2D eigenvalue weighted by molar-refractivity contribution is 0.505. The number of aromatic nitrogens is 6. The van der Waals surface area contributed by atoms with Crippen LogP contribution >= 0.6 is 11.8 Å². The predicted molar refractivity (Wildman–Crippen MR) is 208 cm³/mol. The van der Waals surface area contributed by atoms with E-state index in [9.17, 15) is 0 Å². The lowest BCUT2D eigenvalue weighted by atomic mass is 10.1. The predicted octanol–water partition coefficient (Wildman–Crippen LogP) is 8.56. The monoisotopic (exact) mass is 671 g/mol. The molecule has 0 unspecified atom stereocenters. The molecule has 0 aliphatic heterocycles. The molecule has 0 atom stereocenters. The van der Waals surface area contributed by atoms with E-state index in [2.05, 4.69) is 94.7 Å². The van der Waals surface area contributed by atoms with Crippen molar-refractivity contribution >= 4 is 73.2 Å². The summed E-state index contributed by atoms with van der Waals surface area (Å²) < 4.78 is 4.57. The quantitative estimate of drug-likeness (QED) is 0.110. The van der Waals surface area contributed by atoms with Crippen molar-refractivity contribution in [1.82, 2.24) is 29.1 Å². The van der Waals surface area contributed by atoms with Gasteiger partial charge in [-0.2, -0.15) is 0 Å². The van der Waals surface area contributed by atoms with Gasteiger partial charge in [0, 0.05) is 43.2 Å². The van der Waals surface area contributed by atoms with Crippen molar-refractivity contribution in [2.24, 2.45) is 11.8 Å². The Kier molecular flexibility index (Phi) is 10.1. The van der Waals surface area contributed by atoms with Crippen molar-refractivity contribution in [2.75, 3.05) is 30.0 Å². The number of rotatable bonds is 10. The van der Waals surface area contributed by atoms with E-state index < -0.39 is 0 Å². The normalized spacial score (nSPS) is 11.6. The summed E-state index contributed by atoms with van der Waals surface area (Å²) >= 11 is 1.75. The first-order valence-electron chi connectivity index (χ1n) is 16.7. The number of fused-ring (bicyclic) bond motifs is 6. The molecule has 4 N–H and O–H groups in total. The molecule has 7 aromatic rings. The SMILES string of the molecule is C=CCN(C)c1nc2c(N)nc3ccccc3c2n1CC(C)C.CC(C)Cn1c(SCc2ccccc2)nc2c(N)nc3ccccc3c21. The van der Waals surface area contributed by atoms with Gasteiger partial charge in [0.05, 0.1) is 22.1 Å². The Bertz CT molecular complexity index is 2230. The van der Waals surface area contributed by atoms with Crippen LogP contribution in [0.1, 0.15) is 33.3 Å². The van der Waals surface area contributed by atoms with Crippen LogP contribution in [0.5, 0.6) is 0 Å². The summed E-state index contributed by atoms with van der Waals surface area (Å²) in [5, 5.41) is 3.20. The average molecular weight is 672 g/mol. The zero-order chi connectivity index (χ0) is 34.7. The first-order valence-corrected chi connectivity index (χ1v) is 17.7. The van der Waals surface area contributed by atoms with E-state index >= 15 is 0 Å². The fraction of sp³-hybridized carbons (Fsp3) is 0.282. The number of nitrogens with zero attached hydrogens (tertiary/aromatic N) is 7. The van der Waals surface area contributed by atoms with Gasteiger partial charge < -0.3 is 25.5 Å². The molecule has 4 aromatic heterocycles. The Balaban J connectivity index is 0.000000171. The minimum atomic E-state index is 0.481. The van der Waals surface area contributed by atoms with Gasteiger partial charge in [-0.3, -0.25) is 0 Å². The second-order valence-electron chi connectivity index (χ2n) is 13.2. The summed E-state index contributed by atoms with van der Waals surface area (Å²) in [5.41, 5.74) is 19.3. The minimum absolute atomic E-state index is 0.481. The second-order valence-corrected chi connectivity index (χ2v) is 14.1. The molecule has 9 nitrogen and oxygen atoms in total. The average Bonchev–Trinajstić information content (AvgIpc) is 3.64. The van der Waals surface area contributed by atoms with Gasteiger partial charge in [0.25, 0.3) is 0 Å². The van der Waals surface area contributed by atoms with Crippen LogP contribution in [0.2, 0.25) is 0 Å². The highest BCUT2D eigenvalue weighted by Crippen LogP contribution is 2.34. The van der Waals surface area contributed by atoms with Crippen LogP contribution in [0.25, 0.3) is 43.9 Å². The number of thioether (sulfide) groups is 1. The Morgan fingerprint density at radius 3 is 1.80 bits per heavy atom. The van der Waals surface area contributed by atoms with Crippen molar-refractivity contribution in [3.05, 3.63) is 97.1 Å². The molecule has 4 heterocycles. The summed E-state index contributed by atoms with van der Waals surface area (Å²) in [7, 11) is 2.02. The molecule has 252 valence electrons. The number of nitrogens with two attached hydrogens (primary N) is 2. The molecule has 0 amide bonds. The van der Waals surface area contributed by atoms with Crippen molar-refractivity contribution in [1.29, 1.82) is 0 Å². The second kappa shape index (κ2) is 14.6. The van der Waals surface area contributed by atoms with Gasteiger partial charge in [-0.15, -0.1) is 6.58 Å². The van der Waals surface area contributed by atoms with Crippen molar-refractivity contribution in [2.45, 2.75) is 51.7 Å². The fourth-order valence-corrected chi connectivity index (χ4v) is 7.12. The Hall–Kier alpha value is -5.09. The molecular formula is C39H45N9S. The number of pyridine rings is 2. The van der Waals surface area contributed by atoms with E-state index in [1.165, 1.54) is 5.56 Å². The van der Waals surface area contributed by atoms with Crippen LogP contribution in [-0.2, 0) is 18.8 Å². The number of hydrogen-bond acceptors (Lipinski definition) is 8. The van der Waals surface area contributed by atoms with Crippen LogP contribution in [0, 0.1) is 11.8 Å². The van der Waals surface area contributed by atoms with Gasteiger partial charge in [0.2, 0.25) is 5.95 Å². The zero-order valence-electron chi connectivity index (χ0n) is 29.0. The molecule has 0 spiro atoms. The van der Waals surface area contributed by atoms with Gasteiger partial charge in [-0.05, 0) is 29.5 Å². The molecule has 0 fully saturated rings. The summed E-state index contributed by atoms with van der Waals surface area (Å²) in [5.74, 6) is 3.77. The fourth-order valence-electron chi connectivity index (χ4n) is 6.16. The molecule has 0 saturated heterocycles. The Morgan fingerprint density at radius 1 is 0.714 bits per heavy atom. The molecule has 10 heteroatoms. The van der Waals surface area contributed by atoms with Gasteiger partial charge in [0.1, 0.15) is 11.0 Å². The lowest BCUT2D eigenvalue weighted by Gasteiger charge is -2.19. The number of para-hydroxylation sites is 2. The molecule has 0 bridgehead atoms. The van der Waals surface area contributed by atoms with E-state index in [1.807, 2.05) is 55.6 Å². The van der Waals surface area contributed by atoms with Gasteiger partial charge in [0.15, 0.2) is 16.8 Å². The number of imidazole rings is 2. The highest BCUT2D eigenvalue weighted by atomic mass is 32.2. The number of hydrogen-bond donors (Lipinski definition) is 2. The summed E-state index contributed by atoms with van der Waals surface area (Å²) in [6.45, 7) is 15.2. The third kappa shape index (κ3) is 7.05. The minimum Gasteiger partial charge on any atom is -0.382 e.